The van der Waals surface area contributed by atoms with E-state index >= 15 is 0 Å². The molecular formula is C9H10Cl2N2O. The van der Waals surface area contributed by atoms with Gasteiger partial charge in [0.1, 0.15) is 0 Å². The number of carbonyl (C=O) groups is 1. The van der Waals surface area contributed by atoms with Crippen LogP contribution in [0.25, 0.3) is 0 Å². The van der Waals surface area contributed by atoms with Crippen molar-refractivity contribution in [3.63, 3.8) is 0 Å². The van der Waals surface area contributed by atoms with Crippen molar-refractivity contribution in [2.75, 3.05) is 6.54 Å². The fourth-order valence-corrected chi connectivity index (χ4v) is 1.67. The summed E-state index contributed by atoms with van der Waals surface area (Å²) in [6.45, 7) is 0.429. The van der Waals surface area contributed by atoms with Crippen LogP contribution in [0.4, 0.5) is 4.79 Å². The zero-order chi connectivity index (χ0) is 10.6. The van der Waals surface area contributed by atoms with E-state index in [1.54, 1.807) is 18.2 Å². The first-order chi connectivity index (χ1) is 6.61. The molecule has 0 saturated heterocycles. The molecule has 0 unspecified atom stereocenters. The molecule has 76 valence electrons. The molecule has 0 atom stereocenters. The molecule has 1 aromatic rings. The first kappa shape index (κ1) is 11.1. The SMILES string of the molecule is NC(=O)NCCc1c(Cl)cccc1Cl. The molecule has 14 heavy (non-hydrogen) atoms. The summed E-state index contributed by atoms with van der Waals surface area (Å²) < 4.78 is 0. The standard InChI is InChI=1S/C9H10Cl2N2O/c10-7-2-1-3-8(11)6(7)4-5-13-9(12)14/h1-3H,4-5H2,(H3,12,13,14). The van der Waals surface area contributed by atoms with E-state index in [1.165, 1.54) is 0 Å². The lowest BCUT2D eigenvalue weighted by atomic mass is 10.1. The topological polar surface area (TPSA) is 55.1 Å². The van der Waals surface area contributed by atoms with E-state index in [-0.39, 0.29) is 0 Å². The van der Waals surface area contributed by atoms with Gasteiger partial charge in [-0.25, -0.2) is 4.79 Å². The van der Waals surface area contributed by atoms with E-state index in [4.69, 9.17) is 28.9 Å². The highest BCUT2D eigenvalue weighted by Gasteiger charge is 2.04. The van der Waals surface area contributed by atoms with Crippen LogP contribution in [-0.2, 0) is 6.42 Å². The predicted molar refractivity (Wildman–Crippen MR) is 57.8 cm³/mol. The Labute approximate surface area is 92.2 Å². The molecule has 1 aromatic carbocycles. The minimum atomic E-state index is -0.548. The quantitative estimate of drug-likeness (QED) is 0.826. The summed E-state index contributed by atoms with van der Waals surface area (Å²) in [5.74, 6) is 0. The molecule has 0 bridgehead atoms. The average Bonchev–Trinajstić information content (AvgIpc) is 2.09. The maximum atomic E-state index is 10.4. The van der Waals surface area contributed by atoms with Gasteiger partial charge in [-0.3, -0.25) is 0 Å². The second-order valence-corrected chi connectivity index (χ2v) is 3.56. The third-order valence-electron chi connectivity index (χ3n) is 1.74. The predicted octanol–water partition coefficient (Wildman–Crippen LogP) is 2.20. The zero-order valence-electron chi connectivity index (χ0n) is 7.39. The van der Waals surface area contributed by atoms with Crippen molar-refractivity contribution < 1.29 is 4.79 Å². The van der Waals surface area contributed by atoms with Crippen LogP contribution in [0.15, 0.2) is 18.2 Å². The van der Waals surface area contributed by atoms with Crippen LogP contribution in [0, 0.1) is 0 Å². The van der Waals surface area contributed by atoms with Crippen LogP contribution in [0.1, 0.15) is 5.56 Å². The Balaban J connectivity index is 2.62. The number of halogens is 2. The highest BCUT2D eigenvalue weighted by atomic mass is 35.5. The number of hydrogen-bond donors (Lipinski definition) is 2. The van der Waals surface area contributed by atoms with Crippen LogP contribution >= 0.6 is 23.2 Å². The lowest BCUT2D eigenvalue weighted by Gasteiger charge is -2.06. The van der Waals surface area contributed by atoms with Gasteiger partial charge >= 0.3 is 6.03 Å². The first-order valence-electron chi connectivity index (χ1n) is 4.07. The average molecular weight is 233 g/mol. The number of urea groups is 1. The number of hydrogen-bond acceptors (Lipinski definition) is 1. The van der Waals surface area contributed by atoms with Crippen LogP contribution in [-0.4, -0.2) is 12.6 Å². The first-order valence-corrected chi connectivity index (χ1v) is 4.83. The summed E-state index contributed by atoms with van der Waals surface area (Å²) in [6, 6.07) is 4.74. The molecule has 5 heteroatoms. The Hall–Kier alpha value is -0.930. The number of primary amides is 1. The van der Waals surface area contributed by atoms with E-state index in [0.717, 1.165) is 5.56 Å². The number of benzene rings is 1. The molecule has 0 aromatic heterocycles. The molecular weight excluding hydrogens is 223 g/mol. The van der Waals surface area contributed by atoms with E-state index in [2.05, 4.69) is 5.32 Å². The minimum Gasteiger partial charge on any atom is -0.352 e. The molecule has 0 aliphatic heterocycles. The van der Waals surface area contributed by atoms with Gasteiger partial charge in [0.05, 0.1) is 0 Å². The number of amides is 2. The van der Waals surface area contributed by atoms with Crippen LogP contribution in [0.2, 0.25) is 10.0 Å². The minimum absolute atomic E-state index is 0.429. The van der Waals surface area contributed by atoms with Gasteiger partial charge in [-0.05, 0) is 24.1 Å². The highest BCUT2D eigenvalue weighted by molar-refractivity contribution is 6.35. The Morgan fingerprint density at radius 3 is 2.43 bits per heavy atom. The second kappa shape index (κ2) is 5.08. The number of rotatable bonds is 3. The summed E-state index contributed by atoms with van der Waals surface area (Å²) in [5.41, 5.74) is 5.74. The lowest BCUT2D eigenvalue weighted by Crippen LogP contribution is -2.31. The molecule has 0 heterocycles. The third-order valence-corrected chi connectivity index (χ3v) is 2.44. The van der Waals surface area contributed by atoms with Crippen molar-refractivity contribution in [3.8, 4) is 0 Å². The summed E-state index contributed by atoms with van der Waals surface area (Å²) in [6.07, 6.45) is 0.571. The van der Waals surface area contributed by atoms with Gasteiger partial charge < -0.3 is 11.1 Å². The molecule has 3 nitrogen and oxygen atoms in total. The molecule has 0 aliphatic carbocycles. The lowest BCUT2D eigenvalue weighted by molar-refractivity contribution is 0.249. The van der Waals surface area contributed by atoms with Gasteiger partial charge in [0.25, 0.3) is 0 Å². The molecule has 2 amide bonds. The van der Waals surface area contributed by atoms with Gasteiger partial charge in [-0.15, -0.1) is 0 Å². The monoisotopic (exact) mass is 232 g/mol. The third kappa shape index (κ3) is 3.09. The van der Waals surface area contributed by atoms with E-state index in [1.807, 2.05) is 0 Å². The Morgan fingerprint density at radius 2 is 1.93 bits per heavy atom. The van der Waals surface area contributed by atoms with Crippen molar-refractivity contribution in [3.05, 3.63) is 33.8 Å². The fraction of sp³-hybridized carbons (Fsp3) is 0.222. The van der Waals surface area contributed by atoms with Crippen molar-refractivity contribution in [1.29, 1.82) is 0 Å². The van der Waals surface area contributed by atoms with Crippen LogP contribution in [0.3, 0.4) is 0 Å². The Morgan fingerprint density at radius 1 is 1.36 bits per heavy atom. The summed E-state index contributed by atoms with van der Waals surface area (Å²) in [5, 5.41) is 3.67. The fourth-order valence-electron chi connectivity index (χ4n) is 1.08. The van der Waals surface area contributed by atoms with Crippen molar-refractivity contribution in [1.82, 2.24) is 5.32 Å². The zero-order valence-corrected chi connectivity index (χ0v) is 8.90. The van der Waals surface area contributed by atoms with Gasteiger partial charge in [-0.1, -0.05) is 29.3 Å². The van der Waals surface area contributed by atoms with Crippen LogP contribution in [0.5, 0.6) is 0 Å². The van der Waals surface area contributed by atoms with Gasteiger partial charge in [0.15, 0.2) is 0 Å². The van der Waals surface area contributed by atoms with Gasteiger partial charge in [0, 0.05) is 16.6 Å². The largest absolute Gasteiger partial charge is 0.352 e. The van der Waals surface area contributed by atoms with Crippen molar-refractivity contribution in [2.24, 2.45) is 5.73 Å². The molecule has 1 rings (SSSR count). The normalized spacial score (nSPS) is 9.86. The van der Waals surface area contributed by atoms with Crippen LogP contribution < -0.4 is 11.1 Å². The summed E-state index contributed by atoms with van der Waals surface area (Å²) in [7, 11) is 0. The maximum Gasteiger partial charge on any atom is 0.312 e. The molecule has 0 spiro atoms. The van der Waals surface area contributed by atoms with Gasteiger partial charge in [-0.2, -0.15) is 0 Å². The smallest absolute Gasteiger partial charge is 0.312 e. The molecule has 0 fully saturated rings. The summed E-state index contributed by atoms with van der Waals surface area (Å²) >= 11 is 11.8. The highest BCUT2D eigenvalue weighted by Crippen LogP contribution is 2.24. The Kier molecular flexibility index (Phi) is 4.04. The number of carbonyl (C=O) groups excluding carboxylic acids is 1. The van der Waals surface area contributed by atoms with E-state index in [0.29, 0.717) is 23.0 Å². The van der Waals surface area contributed by atoms with E-state index in [9.17, 15) is 4.79 Å². The molecule has 0 aliphatic rings. The maximum absolute atomic E-state index is 10.4. The van der Waals surface area contributed by atoms with E-state index < -0.39 is 6.03 Å². The molecule has 0 radical (unpaired) electrons. The van der Waals surface area contributed by atoms with Crippen molar-refractivity contribution in [2.45, 2.75) is 6.42 Å². The summed E-state index contributed by atoms with van der Waals surface area (Å²) in [4.78, 5) is 10.4. The number of nitrogens with two attached hydrogens (primary N) is 1. The van der Waals surface area contributed by atoms with Gasteiger partial charge in [0.2, 0.25) is 0 Å². The Bertz CT molecular complexity index is 321. The van der Waals surface area contributed by atoms with Crippen molar-refractivity contribution >= 4 is 29.2 Å². The molecule has 3 N–H and O–H groups in total. The second-order valence-electron chi connectivity index (χ2n) is 2.74. The number of nitrogens with one attached hydrogen (secondary N) is 1. The molecule has 0 saturated carbocycles.